The topological polar surface area (TPSA) is 88.2 Å². The average Bonchev–Trinajstić information content (AvgIpc) is 2.23. The number of hydrogen-bond acceptors (Lipinski definition) is 5. The molecule has 6 nitrogen and oxygen atoms in total. The Morgan fingerprint density at radius 3 is 2.53 bits per heavy atom. The summed E-state index contributed by atoms with van der Waals surface area (Å²) in [4.78, 5) is 15.7. The molecule has 0 aliphatic heterocycles. The van der Waals surface area contributed by atoms with Gasteiger partial charge < -0.3 is 10.6 Å². The highest BCUT2D eigenvalue weighted by Crippen LogP contribution is 2.17. The molecule has 1 amide bonds. The molecule has 19 heavy (non-hydrogen) atoms. The van der Waals surface area contributed by atoms with Gasteiger partial charge in [-0.15, -0.1) is 0 Å². The van der Waals surface area contributed by atoms with Crippen LogP contribution in [-0.4, -0.2) is 37.6 Å². The van der Waals surface area contributed by atoms with Crippen LogP contribution in [0.5, 0.6) is 0 Å². The number of rotatable bonds is 4. The van der Waals surface area contributed by atoms with Crippen molar-refractivity contribution in [1.82, 2.24) is 10.3 Å². The van der Waals surface area contributed by atoms with E-state index in [1.807, 2.05) is 20.8 Å². The number of sulfone groups is 1. The van der Waals surface area contributed by atoms with Crippen molar-refractivity contribution in [2.45, 2.75) is 31.2 Å². The first-order valence-corrected chi connectivity index (χ1v) is 7.69. The Balaban J connectivity index is 2.77. The number of pyridine rings is 1. The Morgan fingerprint density at radius 2 is 2.00 bits per heavy atom. The van der Waals surface area contributed by atoms with Gasteiger partial charge in [-0.2, -0.15) is 0 Å². The van der Waals surface area contributed by atoms with Crippen LogP contribution in [-0.2, 0) is 14.6 Å². The number of hydrogen-bond donors (Lipinski definition) is 2. The van der Waals surface area contributed by atoms with Gasteiger partial charge in [-0.25, -0.2) is 13.4 Å². The first kappa shape index (κ1) is 15.4. The van der Waals surface area contributed by atoms with E-state index in [9.17, 15) is 13.2 Å². The van der Waals surface area contributed by atoms with E-state index in [0.717, 1.165) is 6.26 Å². The Labute approximate surface area is 113 Å². The number of nitrogens with one attached hydrogen (secondary N) is 2. The second kappa shape index (κ2) is 5.56. The standard InChI is InChI=1S/C12H19N3O3S/c1-12(2,3)15-10(16)8-14-11-9(19(4,17)18)6-5-7-13-11/h5-7H,8H2,1-4H3,(H,13,14)(H,15,16). The summed E-state index contributed by atoms with van der Waals surface area (Å²) < 4.78 is 23.1. The van der Waals surface area contributed by atoms with Gasteiger partial charge in [0.2, 0.25) is 5.91 Å². The van der Waals surface area contributed by atoms with E-state index in [0.29, 0.717) is 0 Å². The van der Waals surface area contributed by atoms with Gasteiger partial charge in [0.05, 0.1) is 6.54 Å². The van der Waals surface area contributed by atoms with Gasteiger partial charge in [0.25, 0.3) is 0 Å². The number of carbonyl (C=O) groups is 1. The van der Waals surface area contributed by atoms with Crippen molar-refractivity contribution in [3.8, 4) is 0 Å². The van der Waals surface area contributed by atoms with Crippen molar-refractivity contribution in [2.75, 3.05) is 18.1 Å². The monoisotopic (exact) mass is 285 g/mol. The van der Waals surface area contributed by atoms with Crippen molar-refractivity contribution in [1.29, 1.82) is 0 Å². The van der Waals surface area contributed by atoms with Gasteiger partial charge >= 0.3 is 0 Å². The molecule has 0 atom stereocenters. The number of nitrogens with zero attached hydrogens (tertiary/aromatic N) is 1. The number of anilines is 1. The summed E-state index contributed by atoms with van der Waals surface area (Å²) in [5.74, 6) is -0.0355. The molecule has 7 heteroatoms. The molecule has 1 aromatic heterocycles. The van der Waals surface area contributed by atoms with Crippen LogP contribution < -0.4 is 10.6 Å². The molecule has 1 rings (SSSR count). The van der Waals surface area contributed by atoms with Gasteiger partial charge in [-0.1, -0.05) is 0 Å². The first-order valence-electron chi connectivity index (χ1n) is 5.79. The number of aromatic nitrogens is 1. The van der Waals surface area contributed by atoms with Crippen LogP contribution in [0.15, 0.2) is 23.2 Å². The van der Waals surface area contributed by atoms with Crippen molar-refractivity contribution in [2.24, 2.45) is 0 Å². The van der Waals surface area contributed by atoms with Crippen molar-refractivity contribution >= 4 is 21.6 Å². The molecule has 1 aromatic rings. The molecular weight excluding hydrogens is 266 g/mol. The molecule has 0 saturated carbocycles. The highest BCUT2D eigenvalue weighted by Gasteiger charge is 2.16. The summed E-state index contributed by atoms with van der Waals surface area (Å²) in [6.45, 7) is 5.57. The van der Waals surface area contributed by atoms with Gasteiger partial charge in [-0.05, 0) is 32.9 Å². The first-order chi connectivity index (χ1) is 8.59. The molecule has 0 saturated heterocycles. The second-order valence-electron chi connectivity index (χ2n) is 5.27. The maximum atomic E-state index is 11.6. The quantitative estimate of drug-likeness (QED) is 0.854. The van der Waals surface area contributed by atoms with Crippen molar-refractivity contribution in [3.05, 3.63) is 18.3 Å². The lowest BCUT2D eigenvalue weighted by Gasteiger charge is -2.20. The molecular formula is C12H19N3O3S. The van der Waals surface area contributed by atoms with E-state index >= 15 is 0 Å². The summed E-state index contributed by atoms with van der Waals surface area (Å²) >= 11 is 0. The van der Waals surface area contributed by atoms with E-state index < -0.39 is 9.84 Å². The summed E-state index contributed by atoms with van der Waals surface area (Å²) in [5.41, 5.74) is -0.331. The molecule has 1 heterocycles. The van der Waals surface area contributed by atoms with Gasteiger partial charge in [0.1, 0.15) is 10.7 Å². The minimum atomic E-state index is -3.37. The lowest BCUT2D eigenvalue weighted by molar-refractivity contribution is -0.120. The van der Waals surface area contributed by atoms with Gasteiger partial charge in [0, 0.05) is 18.0 Å². The zero-order valence-corrected chi connectivity index (χ0v) is 12.3. The van der Waals surface area contributed by atoms with Gasteiger partial charge in [-0.3, -0.25) is 4.79 Å². The maximum absolute atomic E-state index is 11.6. The normalized spacial score (nSPS) is 12.0. The van der Waals surface area contributed by atoms with Gasteiger partial charge in [0.15, 0.2) is 9.84 Å². The molecule has 0 spiro atoms. The number of carbonyl (C=O) groups excluding carboxylic acids is 1. The molecule has 106 valence electrons. The van der Waals surface area contributed by atoms with E-state index in [2.05, 4.69) is 15.6 Å². The lowest BCUT2D eigenvalue weighted by atomic mass is 10.1. The maximum Gasteiger partial charge on any atom is 0.239 e. The molecule has 0 aliphatic rings. The summed E-state index contributed by atoms with van der Waals surface area (Å²) in [6, 6.07) is 2.99. The van der Waals surface area contributed by atoms with Crippen LogP contribution in [0.3, 0.4) is 0 Å². The van der Waals surface area contributed by atoms with E-state index in [-0.39, 0.29) is 28.7 Å². The van der Waals surface area contributed by atoms with E-state index in [1.165, 1.54) is 18.3 Å². The Bertz CT molecular complexity index is 562. The Hall–Kier alpha value is -1.63. The predicted octanol–water partition coefficient (Wildman–Crippen LogP) is 0.812. The zero-order valence-electron chi connectivity index (χ0n) is 11.5. The third-order valence-electron chi connectivity index (χ3n) is 2.10. The fourth-order valence-corrected chi connectivity index (χ4v) is 2.25. The fourth-order valence-electron chi connectivity index (χ4n) is 1.45. The van der Waals surface area contributed by atoms with Crippen LogP contribution in [0, 0.1) is 0 Å². The second-order valence-corrected chi connectivity index (χ2v) is 7.26. The van der Waals surface area contributed by atoms with E-state index in [4.69, 9.17) is 0 Å². The van der Waals surface area contributed by atoms with Crippen molar-refractivity contribution in [3.63, 3.8) is 0 Å². The van der Waals surface area contributed by atoms with E-state index in [1.54, 1.807) is 0 Å². The molecule has 0 aliphatic carbocycles. The molecule has 0 aromatic carbocycles. The van der Waals surface area contributed by atoms with Crippen LogP contribution in [0.1, 0.15) is 20.8 Å². The summed E-state index contributed by atoms with van der Waals surface area (Å²) in [6.07, 6.45) is 2.57. The lowest BCUT2D eigenvalue weighted by Crippen LogP contribution is -2.43. The predicted molar refractivity (Wildman–Crippen MR) is 73.7 cm³/mol. The van der Waals surface area contributed by atoms with Crippen LogP contribution in [0.4, 0.5) is 5.82 Å². The molecule has 0 radical (unpaired) electrons. The third kappa shape index (κ3) is 5.25. The Kier molecular flexibility index (Phi) is 4.52. The Morgan fingerprint density at radius 1 is 1.37 bits per heavy atom. The van der Waals surface area contributed by atoms with Crippen LogP contribution in [0.2, 0.25) is 0 Å². The van der Waals surface area contributed by atoms with Crippen LogP contribution >= 0.6 is 0 Å². The molecule has 0 bridgehead atoms. The minimum absolute atomic E-state index is 0.0309. The smallest absolute Gasteiger partial charge is 0.239 e. The molecule has 2 N–H and O–H groups in total. The SMILES string of the molecule is CC(C)(C)NC(=O)CNc1ncccc1S(C)(=O)=O. The fraction of sp³-hybridized carbons (Fsp3) is 0.500. The minimum Gasteiger partial charge on any atom is -0.360 e. The average molecular weight is 285 g/mol. The summed E-state index contributed by atoms with van der Waals surface area (Å²) in [7, 11) is -3.37. The number of amides is 1. The molecule has 0 unspecified atom stereocenters. The summed E-state index contributed by atoms with van der Waals surface area (Å²) in [5, 5.41) is 5.51. The highest BCUT2D eigenvalue weighted by molar-refractivity contribution is 7.90. The molecule has 0 fully saturated rings. The zero-order chi connectivity index (χ0) is 14.7. The largest absolute Gasteiger partial charge is 0.360 e. The highest BCUT2D eigenvalue weighted by atomic mass is 32.2. The van der Waals surface area contributed by atoms with Crippen molar-refractivity contribution < 1.29 is 13.2 Å². The third-order valence-corrected chi connectivity index (χ3v) is 3.23. The van der Waals surface area contributed by atoms with Crippen LogP contribution in [0.25, 0.3) is 0 Å².